The van der Waals surface area contributed by atoms with Gasteiger partial charge in [0.05, 0.1) is 4.70 Å². The summed E-state index contributed by atoms with van der Waals surface area (Å²) in [6.07, 6.45) is 4.42. The van der Waals surface area contributed by atoms with Gasteiger partial charge in [-0.15, -0.1) is 0 Å². The lowest BCUT2D eigenvalue weighted by Gasteiger charge is -2.36. The molecule has 0 spiro atoms. The molecule has 0 radical (unpaired) electrons. The second-order valence-electron chi connectivity index (χ2n) is 8.56. The van der Waals surface area contributed by atoms with E-state index < -0.39 is 0 Å². The number of amides is 3. The van der Waals surface area contributed by atoms with Crippen molar-refractivity contribution < 1.29 is 9.59 Å². The molecule has 34 heavy (non-hydrogen) atoms. The number of piperazine rings is 1. The lowest BCUT2D eigenvalue weighted by atomic mass is 10.1. The van der Waals surface area contributed by atoms with E-state index in [-0.39, 0.29) is 18.0 Å². The maximum atomic E-state index is 12.6. The first-order chi connectivity index (χ1) is 16.7. The molecular weight excluding hydrogens is 446 g/mol. The van der Waals surface area contributed by atoms with Crippen molar-refractivity contribution in [1.29, 1.82) is 0 Å². The van der Waals surface area contributed by atoms with Gasteiger partial charge in [0, 0.05) is 57.1 Å². The molecule has 1 aromatic carbocycles. The minimum Gasteiger partial charge on any atom is -0.353 e. The quantitative estimate of drug-likeness (QED) is 0.533. The number of nitrogens with zero attached hydrogens (tertiary/aromatic N) is 5. The molecule has 1 aromatic heterocycles. The lowest BCUT2D eigenvalue weighted by molar-refractivity contribution is -0.132. The van der Waals surface area contributed by atoms with Crippen LogP contribution in [0.5, 0.6) is 0 Å². The highest BCUT2D eigenvalue weighted by molar-refractivity contribution is 7.13. The predicted octanol–water partition coefficient (Wildman–Crippen LogP) is 5.07. The molecule has 3 fully saturated rings. The number of anilines is 1. The molecule has 2 aromatic rings. The van der Waals surface area contributed by atoms with E-state index in [0.717, 1.165) is 70.8 Å². The Bertz CT molecular complexity index is 925. The van der Waals surface area contributed by atoms with Crippen molar-refractivity contribution in [2.75, 3.05) is 50.7 Å². The van der Waals surface area contributed by atoms with Crippen molar-refractivity contribution in [2.45, 2.75) is 65.8 Å². The number of imide groups is 1. The third kappa shape index (κ3) is 5.89. The number of carbonyl (C=O) groups excluding carboxylic acids is 2. The zero-order valence-corrected chi connectivity index (χ0v) is 22.1. The molecule has 5 rings (SSSR count). The number of benzene rings is 1. The molecule has 8 heteroatoms. The maximum Gasteiger partial charge on any atom is 0.326 e. The van der Waals surface area contributed by atoms with Gasteiger partial charge in [-0.1, -0.05) is 39.8 Å². The second-order valence-corrected chi connectivity index (χ2v) is 9.36. The van der Waals surface area contributed by atoms with Crippen LogP contribution in [-0.2, 0) is 4.79 Å². The van der Waals surface area contributed by atoms with Crippen LogP contribution in [0.15, 0.2) is 24.3 Å². The molecule has 0 bridgehead atoms. The number of hydrogen-bond acceptors (Lipinski definition) is 6. The van der Waals surface area contributed by atoms with E-state index in [9.17, 15) is 9.59 Å². The van der Waals surface area contributed by atoms with Crippen LogP contribution in [0.2, 0.25) is 0 Å². The molecule has 3 saturated heterocycles. The van der Waals surface area contributed by atoms with Gasteiger partial charge in [0.2, 0.25) is 5.91 Å². The average Bonchev–Trinajstić information content (AvgIpc) is 3.54. The average molecular weight is 488 g/mol. The van der Waals surface area contributed by atoms with Crippen LogP contribution in [0.3, 0.4) is 0 Å². The summed E-state index contributed by atoms with van der Waals surface area (Å²) in [5.41, 5.74) is 0. The van der Waals surface area contributed by atoms with Gasteiger partial charge < -0.3 is 9.80 Å². The molecular formula is C26H41N5O2S. The smallest absolute Gasteiger partial charge is 0.326 e. The normalized spacial score (nSPS) is 20.6. The Kier molecular flexibility index (Phi) is 10.1. The summed E-state index contributed by atoms with van der Waals surface area (Å²) in [6.45, 7) is 14.4. The van der Waals surface area contributed by atoms with Gasteiger partial charge in [-0.25, -0.2) is 4.79 Å². The van der Waals surface area contributed by atoms with Crippen LogP contribution in [-0.4, -0.2) is 82.9 Å². The van der Waals surface area contributed by atoms with Crippen LogP contribution >= 0.6 is 11.5 Å². The van der Waals surface area contributed by atoms with Crippen molar-refractivity contribution in [2.24, 2.45) is 0 Å². The van der Waals surface area contributed by atoms with E-state index in [0.29, 0.717) is 13.0 Å². The number of rotatable bonds is 6. The fourth-order valence-electron chi connectivity index (χ4n) is 4.98. The predicted molar refractivity (Wildman–Crippen MR) is 142 cm³/mol. The highest BCUT2D eigenvalue weighted by Crippen LogP contribution is 2.30. The van der Waals surface area contributed by atoms with Crippen LogP contribution in [0.4, 0.5) is 10.6 Å². The number of urea groups is 1. The van der Waals surface area contributed by atoms with E-state index in [4.69, 9.17) is 0 Å². The summed E-state index contributed by atoms with van der Waals surface area (Å²) in [4.78, 5) is 33.2. The van der Waals surface area contributed by atoms with E-state index in [1.54, 1.807) is 11.5 Å². The first-order valence-electron chi connectivity index (χ1n) is 13.1. The third-order valence-corrected chi connectivity index (χ3v) is 7.52. The monoisotopic (exact) mass is 487 g/mol. The first kappa shape index (κ1) is 26.4. The van der Waals surface area contributed by atoms with Crippen LogP contribution in [0.25, 0.3) is 10.1 Å². The molecule has 188 valence electrons. The summed E-state index contributed by atoms with van der Waals surface area (Å²) >= 11 is 1.58. The SMILES string of the molecule is CC.CC.O=C1CC2CCCN2C(=O)N1CCCCN1CCN(c2nsc3ccccc23)CC1. The third-order valence-electron chi connectivity index (χ3n) is 6.70. The van der Waals surface area contributed by atoms with Crippen molar-refractivity contribution in [1.82, 2.24) is 19.1 Å². The molecule has 3 aliphatic rings. The molecule has 3 amide bonds. The number of fused-ring (bicyclic) bond motifs is 2. The van der Waals surface area contributed by atoms with E-state index in [2.05, 4.69) is 38.4 Å². The van der Waals surface area contributed by atoms with Crippen LogP contribution in [0, 0.1) is 0 Å². The Hall–Kier alpha value is -2.19. The molecule has 0 saturated carbocycles. The Morgan fingerprint density at radius 3 is 2.41 bits per heavy atom. The number of hydrogen-bond donors (Lipinski definition) is 0. The van der Waals surface area contributed by atoms with Crippen LogP contribution < -0.4 is 4.90 Å². The number of unbranched alkanes of at least 4 members (excludes halogenated alkanes) is 1. The van der Waals surface area contributed by atoms with Crippen molar-refractivity contribution in [3.8, 4) is 0 Å². The Labute approximate surface area is 208 Å². The highest BCUT2D eigenvalue weighted by Gasteiger charge is 2.40. The largest absolute Gasteiger partial charge is 0.353 e. The molecule has 7 nitrogen and oxygen atoms in total. The van der Waals surface area contributed by atoms with Gasteiger partial charge in [0.1, 0.15) is 5.82 Å². The Morgan fingerprint density at radius 2 is 1.65 bits per heavy atom. The standard InChI is InChI=1S/C22H29N5O2S.2C2H6/c28-20-16-17-6-5-11-26(17)22(29)27(20)10-4-3-9-24-12-14-25(15-13-24)21-18-7-1-2-8-19(18)30-23-21;2*1-2/h1-2,7-8,17H,3-6,9-16H2;2*1-2H3. The van der Waals surface area contributed by atoms with Crippen molar-refractivity contribution in [3.05, 3.63) is 24.3 Å². The molecule has 1 unspecified atom stereocenters. The number of carbonyl (C=O) groups is 2. The van der Waals surface area contributed by atoms with E-state index >= 15 is 0 Å². The minimum atomic E-state index is -0.0575. The molecule has 4 heterocycles. The number of aromatic nitrogens is 1. The molecule has 0 N–H and O–H groups in total. The fraction of sp³-hybridized carbons (Fsp3) is 0.654. The minimum absolute atomic E-state index is 0.0206. The topological polar surface area (TPSA) is 60.0 Å². The summed E-state index contributed by atoms with van der Waals surface area (Å²) in [6, 6.07) is 8.54. The van der Waals surface area contributed by atoms with Gasteiger partial charge in [-0.2, -0.15) is 4.37 Å². The van der Waals surface area contributed by atoms with E-state index in [1.165, 1.54) is 15.0 Å². The first-order valence-corrected chi connectivity index (χ1v) is 13.9. The lowest BCUT2D eigenvalue weighted by Crippen LogP contribution is -2.54. The summed E-state index contributed by atoms with van der Waals surface area (Å²) in [5, 5.41) is 1.26. The summed E-state index contributed by atoms with van der Waals surface area (Å²) in [7, 11) is 0. The van der Waals surface area contributed by atoms with Crippen molar-refractivity contribution >= 4 is 39.4 Å². The molecule has 3 aliphatic heterocycles. The Balaban J connectivity index is 0.000000771. The van der Waals surface area contributed by atoms with Gasteiger partial charge >= 0.3 is 6.03 Å². The fourth-order valence-corrected chi connectivity index (χ4v) is 5.78. The van der Waals surface area contributed by atoms with E-state index in [1.807, 2.05) is 32.6 Å². The molecule has 1 atom stereocenters. The highest BCUT2D eigenvalue weighted by atomic mass is 32.1. The zero-order valence-electron chi connectivity index (χ0n) is 21.3. The van der Waals surface area contributed by atoms with Gasteiger partial charge in [-0.05, 0) is 55.9 Å². The second kappa shape index (κ2) is 13.0. The Morgan fingerprint density at radius 1 is 0.941 bits per heavy atom. The molecule has 0 aliphatic carbocycles. The summed E-state index contributed by atoms with van der Waals surface area (Å²) in [5.74, 6) is 1.14. The van der Waals surface area contributed by atoms with Gasteiger partial charge in [0.15, 0.2) is 0 Å². The van der Waals surface area contributed by atoms with Crippen LogP contribution in [0.1, 0.15) is 59.8 Å². The van der Waals surface area contributed by atoms with Gasteiger partial charge in [0.25, 0.3) is 0 Å². The van der Waals surface area contributed by atoms with Crippen molar-refractivity contribution in [3.63, 3.8) is 0 Å². The zero-order chi connectivity index (χ0) is 24.5. The summed E-state index contributed by atoms with van der Waals surface area (Å²) < 4.78 is 5.93. The van der Waals surface area contributed by atoms with Gasteiger partial charge in [-0.3, -0.25) is 14.6 Å². The maximum absolute atomic E-state index is 12.6.